The van der Waals surface area contributed by atoms with Gasteiger partial charge in [-0.05, 0) is 48.9 Å². The van der Waals surface area contributed by atoms with Gasteiger partial charge in [0.05, 0.1) is 7.11 Å². The van der Waals surface area contributed by atoms with E-state index in [1.165, 1.54) is 32.1 Å². The van der Waals surface area contributed by atoms with Crippen LogP contribution >= 0.6 is 0 Å². The van der Waals surface area contributed by atoms with E-state index in [1.807, 2.05) is 24.3 Å². The second-order valence-electron chi connectivity index (χ2n) is 5.87. The summed E-state index contributed by atoms with van der Waals surface area (Å²) in [5.74, 6) is 2.96. The summed E-state index contributed by atoms with van der Waals surface area (Å²) in [7, 11) is 1.66. The van der Waals surface area contributed by atoms with Gasteiger partial charge in [0.1, 0.15) is 5.75 Å². The first-order chi connectivity index (χ1) is 10.2. The third-order valence-electron chi connectivity index (χ3n) is 4.43. The third-order valence-corrected chi connectivity index (χ3v) is 4.43. The second-order valence-corrected chi connectivity index (χ2v) is 5.87. The minimum Gasteiger partial charge on any atom is -0.497 e. The number of nitrogens with zero attached hydrogens (tertiary/aromatic N) is 1. The third kappa shape index (κ3) is 4.96. The van der Waals surface area contributed by atoms with Crippen LogP contribution in [0.15, 0.2) is 29.3 Å². The average molecular weight is 289 g/mol. The fraction of sp³-hybridized carbons (Fsp3) is 0.588. The molecular weight excluding hydrogens is 262 g/mol. The van der Waals surface area contributed by atoms with E-state index in [0.29, 0.717) is 11.9 Å². The van der Waals surface area contributed by atoms with Crippen LogP contribution in [-0.2, 0) is 0 Å². The van der Waals surface area contributed by atoms with Crippen LogP contribution in [0.1, 0.15) is 39.0 Å². The fourth-order valence-electron chi connectivity index (χ4n) is 2.91. The first kappa shape index (κ1) is 15.7. The molecule has 0 aliphatic heterocycles. The topological polar surface area (TPSA) is 59.6 Å². The van der Waals surface area contributed by atoms with Gasteiger partial charge in [-0.1, -0.05) is 26.2 Å². The molecule has 4 heteroatoms. The molecular formula is C17H27N3O. The Bertz CT molecular complexity index is 448. The highest BCUT2D eigenvalue weighted by molar-refractivity contribution is 5.92. The molecule has 4 nitrogen and oxygen atoms in total. The van der Waals surface area contributed by atoms with Gasteiger partial charge in [0.2, 0.25) is 0 Å². The van der Waals surface area contributed by atoms with Crippen LogP contribution in [0.2, 0.25) is 0 Å². The monoisotopic (exact) mass is 289 g/mol. The van der Waals surface area contributed by atoms with E-state index in [1.54, 1.807) is 7.11 Å². The lowest BCUT2D eigenvalue weighted by atomic mass is 9.81. The number of guanidine groups is 1. The molecule has 1 aliphatic carbocycles. The number of benzene rings is 1. The zero-order chi connectivity index (χ0) is 15.1. The van der Waals surface area contributed by atoms with Crippen molar-refractivity contribution in [2.24, 2.45) is 22.6 Å². The molecule has 2 rings (SSSR count). The summed E-state index contributed by atoms with van der Waals surface area (Å²) in [6.45, 7) is 3.13. The Kier molecular flexibility index (Phi) is 5.90. The summed E-state index contributed by atoms with van der Waals surface area (Å²) < 4.78 is 5.13. The van der Waals surface area contributed by atoms with Gasteiger partial charge < -0.3 is 15.8 Å². The fourth-order valence-corrected chi connectivity index (χ4v) is 2.91. The van der Waals surface area contributed by atoms with E-state index in [9.17, 15) is 0 Å². The van der Waals surface area contributed by atoms with Crippen molar-refractivity contribution < 1.29 is 4.74 Å². The van der Waals surface area contributed by atoms with E-state index in [0.717, 1.165) is 23.9 Å². The highest BCUT2D eigenvalue weighted by atomic mass is 16.5. The Morgan fingerprint density at radius 3 is 2.38 bits per heavy atom. The van der Waals surface area contributed by atoms with Crippen LogP contribution in [-0.4, -0.2) is 19.6 Å². The smallest absolute Gasteiger partial charge is 0.193 e. The number of aliphatic imine (C=N–C) groups is 1. The lowest BCUT2D eigenvalue weighted by Crippen LogP contribution is -2.24. The van der Waals surface area contributed by atoms with Crippen molar-refractivity contribution in [3.63, 3.8) is 0 Å². The van der Waals surface area contributed by atoms with Crippen molar-refractivity contribution in [2.45, 2.75) is 39.0 Å². The zero-order valence-corrected chi connectivity index (χ0v) is 13.1. The van der Waals surface area contributed by atoms with Crippen molar-refractivity contribution in [1.82, 2.24) is 0 Å². The van der Waals surface area contributed by atoms with E-state index in [4.69, 9.17) is 10.5 Å². The molecule has 1 aromatic carbocycles. The summed E-state index contributed by atoms with van der Waals surface area (Å²) in [5.41, 5.74) is 6.89. The van der Waals surface area contributed by atoms with Crippen LogP contribution in [0, 0.1) is 11.8 Å². The van der Waals surface area contributed by atoms with Gasteiger partial charge in [-0.3, -0.25) is 4.99 Å². The predicted octanol–water partition coefficient (Wildman–Crippen LogP) is 3.64. The number of nitrogens with one attached hydrogen (secondary N) is 1. The normalized spacial score (nSPS) is 22.9. The maximum Gasteiger partial charge on any atom is 0.193 e. The van der Waals surface area contributed by atoms with Crippen LogP contribution in [0.3, 0.4) is 0 Å². The van der Waals surface area contributed by atoms with Gasteiger partial charge >= 0.3 is 0 Å². The Hall–Kier alpha value is -1.71. The first-order valence-electron chi connectivity index (χ1n) is 7.92. The van der Waals surface area contributed by atoms with Gasteiger partial charge in [-0.25, -0.2) is 0 Å². The number of nitrogens with two attached hydrogens (primary N) is 1. The number of hydrogen-bond donors (Lipinski definition) is 2. The van der Waals surface area contributed by atoms with Gasteiger partial charge in [0.25, 0.3) is 0 Å². The molecule has 3 N–H and O–H groups in total. The van der Waals surface area contributed by atoms with E-state index in [-0.39, 0.29) is 0 Å². The summed E-state index contributed by atoms with van der Waals surface area (Å²) in [5, 5.41) is 3.12. The van der Waals surface area contributed by atoms with Gasteiger partial charge in [-0.15, -0.1) is 0 Å². The number of anilines is 1. The Morgan fingerprint density at radius 1 is 1.19 bits per heavy atom. The lowest BCUT2D eigenvalue weighted by Gasteiger charge is -2.26. The quantitative estimate of drug-likeness (QED) is 0.642. The molecule has 0 heterocycles. The number of rotatable bonds is 5. The average Bonchev–Trinajstić information content (AvgIpc) is 2.54. The van der Waals surface area contributed by atoms with Gasteiger partial charge in [-0.2, -0.15) is 0 Å². The molecule has 0 saturated heterocycles. The maximum atomic E-state index is 5.95. The summed E-state index contributed by atoms with van der Waals surface area (Å²) >= 11 is 0. The molecule has 0 unspecified atom stereocenters. The van der Waals surface area contributed by atoms with Crippen LogP contribution < -0.4 is 15.8 Å². The molecule has 0 atom stereocenters. The van der Waals surface area contributed by atoms with Crippen LogP contribution in [0.4, 0.5) is 5.69 Å². The van der Waals surface area contributed by atoms with E-state index >= 15 is 0 Å². The van der Waals surface area contributed by atoms with Gasteiger partial charge in [0, 0.05) is 12.2 Å². The lowest BCUT2D eigenvalue weighted by molar-refractivity contribution is 0.274. The minimum absolute atomic E-state index is 0.498. The highest BCUT2D eigenvalue weighted by Crippen LogP contribution is 2.30. The standard InChI is InChI=1S/C17H27N3O/c1-3-13-4-6-14(7-5-13)12-19-17(18)20-15-8-10-16(21-2)11-9-15/h8-11,13-14H,3-7,12H2,1-2H3,(H3,18,19,20). The summed E-state index contributed by atoms with van der Waals surface area (Å²) in [6, 6.07) is 7.69. The molecule has 0 amide bonds. The zero-order valence-electron chi connectivity index (χ0n) is 13.1. The van der Waals surface area contributed by atoms with Crippen molar-refractivity contribution in [3.8, 4) is 5.75 Å². The molecule has 1 aliphatic rings. The van der Waals surface area contributed by atoms with Crippen LogP contribution in [0.5, 0.6) is 5.75 Å². The molecule has 0 bridgehead atoms. The van der Waals surface area contributed by atoms with Crippen molar-refractivity contribution in [2.75, 3.05) is 19.0 Å². The second kappa shape index (κ2) is 7.91. The molecule has 1 saturated carbocycles. The molecule has 1 aromatic rings. The molecule has 0 radical (unpaired) electrons. The van der Waals surface area contributed by atoms with Crippen molar-refractivity contribution in [1.29, 1.82) is 0 Å². The summed E-state index contributed by atoms with van der Waals surface area (Å²) in [4.78, 5) is 4.49. The molecule has 21 heavy (non-hydrogen) atoms. The number of methoxy groups -OCH3 is 1. The van der Waals surface area contributed by atoms with Crippen molar-refractivity contribution >= 4 is 11.6 Å². The SMILES string of the molecule is CCC1CCC(CN=C(N)Nc2ccc(OC)cc2)CC1. The predicted molar refractivity (Wildman–Crippen MR) is 88.8 cm³/mol. The first-order valence-corrected chi connectivity index (χ1v) is 7.92. The summed E-state index contributed by atoms with van der Waals surface area (Å²) in [6.07, 6.45) is 6.60. The highest BCUT2D eigenvalue weighted by Gasteiger charge is 2.19. The van der Waals surface area contributed by atoms with Gasteiger partial charge in [0.15, 0.2) is 5.96 Å². The Morgan fingerprint density at radius 2 is 1.81 bits per heavy atom. The molecule has 116 valence electrons. The molecule has 0 spiro atoms. The Balaban J connectivity index is 1.78. The number of hydrogen-bond acceptors (Lipinski definition) is 2. The van der Waals surface area contributed by atoms with E-state index < -0.39 is 0 Å². The Labute approximate surface area is 127 Å². The maximum absolute atomic E-state index is 5.95. The van der Waals surface area contributed by atoms with Crippen molar-refractivity contribution in [3.05, 3.63) is 24.3 Å². The molecule has 0 aromatic heterocycles. The molecule has 1 fully saturated rings. The largest absolute Gasteiger partial charge is 0.497 e. The number of ether oxygens (including phenoxy) is 1. The van der Waals surface area contributed by atoms with Crippen LogP contribution in [0.25, 0.3) is 0 Å². The minimum atomic E-state index is 0.498. The van der Waals surface area contributed by atoms with E-state index in [2.05, 4.69) is 17.2 Å².